The number of aryl methyl sites for hydroxylation is 1. The molecule has 0 spiro atoms. The number of amides is 1. The van der Waals surface area contributed by atoms with Gasteiger partial charge in [-0.2, -0.15) is 0 Å². The fourth-order valence-corrected chi connectivity index (χ4v) is 2.47. The van der Waals surface area contributed by atoms with Gasteiger partial charge in [0.05, 0.1) is 23.3 Å². The average molecular weight is 282 g/mol. The highest BCUT2D eigenvalue weighted by atomic mass is 32.1. The zero-order valence-corrected chi connectivity index (χ0v) is 11.3. The van der Waals surface area contributed by atoms with E-state index in [0.29, 0.717) is 6.54 Å². The van der Waals surface area contributed by atoms with E-state index in [1.807, 2.05) is 6.92 Å². The summed E-state index contributed by atoms with van der Waals surface area (Å²) in [6.07, 6.45) is 0. The molecule has 0 radical (unpaired) electrons. The van der Waals surface area contributed by atoms with Crippen LogP contribution in [0.25, 0.3) is 0 Å². The molecule has 0 saturated carbocycles. The molecule has 0 bridgehead atoms. The van der Waals surface area contributed by atoms with Crippen LogP contribution in [0, 0.1) is 18.6 Å². The molecule has 2 rings (SSSR count). The fourth-order valence-electron chi connectivity index (χ4n) is 1.64. The molecule has 0 aliphatic carbocycles. The molecule has 0 saturated heterocycles. The number of carbonyl (C=O) groups excluding carboxylic acids is 1. The van der Waals surface area contributed by atoms with Crippen LogP contribution in [0.5, 0.6) is 0 Å². The molecule has 0 N–H and O–H groups in total. The number of benzene rings is 1. The maximum atomic E-state index is 13.5. The third-order valence-electron chi connectivity index (χ3n) is 2.75. The molecule has 0 fully saturated rings. The average Bonchev–Trinajstić information content (AvgIpc) is 2.77. The van der Waals surface area contributed by atoms with Crippen LogP contribution < -0.4 is 0 Å². The van der Waals surface area contributed by atoms with E-state index in [-0.39, 0.29) is 5.56 Å². The van der Waals surface area contributed by atoms with Crippen molar-refractivity contribution in [3.8, 4) is 0 Å². The number of thiazole rings is 1. The van der Waals surface area contributed by atoms with Gasteiger partial charge in [0.25, 0.3) is 5.91 Å². The smallest absolute Gasteiger partial charge is 0.257 e. The van der Waals surface area contributed by atoms with Gasteiger partial charge >= 0.3 is 0 Å². The highest BCUT2D eigenvalue weighted by Gasteiger charge is 2.19. The topological polar surface area (TPSA) is 33.2 Å². The molecule has 19 heavy (non-hydrogen) atoms. The van der Waals surface area contributed by atoms with Crippen molar-refractivity contribution in [2.75, 3.05) is 7.05 Å². The SMILES string of the molecule is Cc1ncsc1CN(C)C(=O)c1cccc(F)c1F. The molecule has 100 valence electrons. The first-order valence-electron chi connectivity index (χ1n) is 5.59. The highest BCUT2D eigenvalue weighted by molar-refractivity contribution is 7.09. The zero-order valence-electron chi connectivity index (χ0n) is 10.5. The van der Waals surface area contributed by atoms with Crippen molar-refractivity contribution < 1.29 is 13.6 Å². The molecule has 6 heteroatoms. The monoisotopic (exact) mass is 282 g/mol. The lowest BCUT2D eigenvalue weighted by atomic mass is 10.2. The highest BCUT2D eigenvalue weighted by Crippen LogP contribution is 2.17. The van der Waals surface area contributed by atoms with E-state index in [1.54, 1.807) is 12.6 Å². The van der Waals surface area contributed by atoms with Crippen molar-refractivity contribution in [3.05, 3.63) is 51.5 Å². The molecule has 0 aliphatic heterocycles. The Labute approximate surface area is 113 Å². The van der Waals surface area contributed by atoms with Crippen LogP contribution >= 0.6 is 11.3 Å². The second-order valence-corrected chi connectivity index (χ2v) is 5.06. The Morgan fingerprint density at radius 3 is 2.79 bits per heavy atom. The summed E-state index contributed by atoms with van der Waals surface area (Å²) in [5.74, 6) is -2.68. The molecule has 1 amide bonds. The third-order valence-corrected chi connectivity index (χ3v) is 3.67. The molecule has 0 aliphatic rings. The summed E-state index contributed by atoms with van der Waals surface area (Å²) in [7, 11) is 1.55. The second-order valence-electron chi connectivity index (χ2n) is 4.12. The van der Waals surface area contributed by atoms with Crippen molar-refractivity contribution in [3.63, 3.8) is 0 Å². The maximum absolute atomic E-state index is 13.5. The van der Waals surface area contributed by atoms with Crippen LogP contribution in [0.15, 0.2) is 23.7 Å². The summed E-state index contributed by atoms with van der Waals surface area (Å²) >= 11 is 1.42. The van der Waals surface area contributed by atoms with Gasteiger partial charge in [0.15, 0.2) is 11.6 Å². The van der Waals surface area contributed by atoms with Crippen LogP contribution in [0.4, 0.5) is 8.78 Å². The summed E-state index contributed by atoms with van der Waals surface area (Å²) in [4.78, 5) is 18.4. The van der Waals surface area contributed by atoms with Crippen LogP contribution in [0.3, 0.4) is 0 Å². The van der Waals surface area contributed by atoms with Crippen LogP contribution in [-0.2, 0) is 6.54 Å². The molecule has 0 unspecified atom stereocenters. The summed E-state index contributed by atoms with van der Waals surface area (Å²) in [6, 6.07) is 3.58. The maximum Gasteiger partial charge on any atom is 0.257 e. The van der Waals surface area contributed by atoms with E-state index in [4.69, 9.17) is 0 Å². The van der Waals surface area contributed by atoms with E-state index in [0.717, 1.165) is 16.6 Å². The molecular weight excluding hydrogens is 270 g/mol. The van der Waals surface area contributed by atoms with Crippen molar-refractivity contribution in [2.45, 2.75) is 13.5 Å². The second kappa shape index (κ2) is 5.44. The van der Waals surface area contributed by atoms with Crippen LogP contribution in [-0.4, -0.2) is 22.8 Å². The Morgan fingerprint density at radius 2 is 2.16 bits per heavy atom. The molecule has 1 heterocycles. The Bertz CT molecular complexity index is 612. The number of aromatic nitrogens is 1. The molecule has 0 atom stereocenters. The van der Waals surface area contributed by atoms with Gasteiger partial charge in [-0.05, 0) is 19.1 Å². The first-order chi connectivity index (χ1) is 9.00. The van der Waals surface area contributed by atoms with Crippen LogP contribution in [0.1, 0.15) is 20.9 Å². The molecule has 1 aromatic heterocycles. The third kappa shape index (κ3) is 2.78. The van der Waals surface area contributed by atoms with E-state index in [9.17, 15) is 13.6 Å². The van der Waals surface area contributed by atoms with E-state index in [1.165, 1.54) is 28.4 Å². The lowest BCUT2D eigenvalue weighted by Gasteiger charge is -2.17. The predicted octanol–water partition coefficient (Wildman–Crippen LogP) is 3.00. The molecule has 2 aromatic rings. The first kappa shape index (κ1) is 13.6. The quantitative estimate of drug-likeness (QED) is 0.867. The minimum Gasteiger partial charge on any atom is -0.336 e. The molecular formula is C13H12F2N2OS. The Kier molecular flexibility index (Phi) is 3.90. The van der Waals surface area contributed by atoms with Gasteiger partial charge in [0.1, 0.15) is 0 Å². The van der Waals surface area contributed by atoms with Gasteiger partial charge < -0.3 is 4.90 Å². The Morgan fingerprint density at radius 1 is 1.42 bits per heavy atom. The van der Waals surface area contributed by atoms with Gasteiger partial charge in [-0.3, -0.25) is 4.79 Å². The summed E-state index contributed by atoms with van der Waals surface area (Å²) in [5, 5.41) is 0. The largest absolute Gasteiger partial charge is 0.336 e. The molecule has 3 nitrogen and oxygen atoms in total. The normalized spacial score (nSPS) is 10.5. The summed E-state index contributed by atoms with van der Waals surface area (Å²) in [5.41, 5.74) is 2.26. The number of nitrogens with zero attached hydrogens (tertiary/aromatic N) is 2. The summed E-state index contributed by atoms with van der Waals surface area (Å²) < 4.78 is 26.6. The lowest BCUT2D eigenvalue weighted by Crippen LogP contribution is -2.27. The number of rotatable bonds is 3. The number of hydrogen-bond acceptors (Lipinski definition) is 3. The van der Waals surface area contributed by atoms with E-state index >= 15 is 0 Å². The van der Waals surface area contributed by atoms with Crippen molar-refractivity contribution in [1.29, 1.82) is 0 Å². The van der Waals surface area contributed by atoms with Gasteiger partial charge in [-0.1, -0.05) is 6.07 Å². The van der Waals surface area contributed by atoms with Crippen molar-refractivity contribution >= 4 is 17.2 Å². The van der Waals surface area contributed by atoms with Gasteiger partial charge in [0.2, 0.25) is 0 Å². The van der Waals surface area contributed by atoms with Crippen molar-refractivity contribution in [2.24, 2.45) is 0 Å². The Balaban J connectivity index is 2.20. The van der Waals surface area contributed by atoms with E-state index < -0.39 is 17.5 Å². The minimum absolute atomic E-state index is 0.260. The number of halogens is 2. The van der Waals surface area contributed by atoms with Gasteiger partial charge in [0, 0.05) is 11.9 Å². The number of carbonyl (C=O) groups is 1. The zero-order chi connectivity index (χ0) is 14.0. The molecule has 1 aromatic carbocycles. The van der Waals surface area contributed by atoms with E-state index in [2.05, 4.69) is 4.98 Å². The predicted molar refractivity (Wildman–Crippen MR) is 69.0 cm³/mol. The Hall–Kier alpha value is -1.82. The lowest BCUT2D eigenvalue weighted by molar-refractivity contribution is 0.0780. The van der Waals surface area contributed by atoms with Crippen LogP contribution in [0.2, 0.25) is 0 Å². The fraction of sp³-hybridized carbons (Fsp3) is 0.231. The standard InChI is InChI=1S/C13H12F2N2OS/c1-8-11(19-7-16-8)6-17(2)13(18)9-4-3-5-10(14)12(9)15/h3-5,7H,6H2,1-2H3. The number of hydrogen-bond donors (Lipinski definition) is 0. The van der Waals surface area contributed by atoms with Gasteiger partial charge in [-0.25, -0.2) is 13.8 Å². The summed E-state index contributed by atoms with van der Waals surface area (Å²) in [6.45, 7) is 2.16. The first-order valence-corrected chi connectivity index (χ1v) is 6.47. The minimum atomic E-state index is -1.11. The van der Waals surface area contributed by atoms with Gasteiger partial charge in [-0.15, -0.1) is 11.3 Å². The van der Waals surface area contributed by atoms with Crippen molar-refractivity contribution in [1.82, 2.24) is 9.88 Å².